The monoisotopic (exact) mass is 388 g/mol. The van der Waals surface area contributed by atoms with Gasteiger partial charge in [0, 0.05) is 50.9 Å². The number of pyridine rings is 1. The predicted molar refractivity (Wildman–Crippen MR) is 97.3 cm³/mol. The molecule has 10 heteroatoms. The first-order chi connectivity index (χ1) is 13.5. The van der Waals surface area contributed by atoms with Crippen molar-refractivity contribution in [2.45, 2.75) is 13.5 Å². The van der Waals surface area contributed by atoms with Gasteiger partial charge in [0.1, 0.15) is 5.82 Å². The van der Waals surface area contributed by atoms with Crippen LogP contribution in [0, 0.1) is 0 Å². The summed E-state index contributed by atoms with van der Waals surface area (Å²) in [6.45, 7) is 1.29. The van der Waals surface area contributed by atoms with Crippen LogP contribution in [-0.4, -0.2) is 63.2 Å². The Bertz CT molecular complexity index is 1000. The highest BCUT2D eigenvalue weighted by molar-refractivity contribution is 5.73. The highest BCUT2D eigenvalue weighted by Gasteiger charge is 2.20. The molecule has 0 atom stereocenters. The van der Waals surface area contributed by atoms with Crippen molar-refractivity contribution in [3.8, 4) is 17.1 Å². The van der Waals surface area contributed by atoms with E-state index in [0.29, 0.717) is 37.5 Å². The normalized spacial score (nSPS) is 14.7. The van der Waals surface area contributed by atoms with Crippen LogP contribution in [0.4, 0.5) is 14.6 Å². The average Bonchev–Trinajstić information content (AvgIpc) is 3.11. The Balaban J connectivity index is 1.62. The van der Waals surface area contributed by atoms with Crippen LogP contribution in [-0.2, 0) is 4.79 Å². The molecule has 0 saturated carbocycles. The highest BCUT2D eigenvalue weighted by atomic mass is 19.3. The Labute approximate surface area is 159 Å². The standard InChI is InChI=1S/C18H18F2N6O2/c1-12(27)24-6-8-25(9-7-24)16-10-13(4-5-21-16)14-11-22-15-2-3-17(23-26(14)15)28-18(19)20/h2-5,10-11,18H,6-9H2,1H3. The zero-order valence-corrected chi connectivity index (χ0v) is 15.1. The van der Waals surface area contributed by atoms with Gasteiger partial charge >= 0.3 is 6.61 Å². The first-order valence-corrected chi connectivity index (χ1v) is 8.78. The number of anilines is 1. The van der Waals surface area contributed by atoms with Crippen molar-refractivity contribution in [1.29, 1.82) is 0 Å². The number of amides is 1. The van der Waals surface area contributed by atoms with Crippen molar-refractivity contribution in [2.24, 2.45) is 0 Å². The third kappa shape index (κ3) is 3.57. The lowest BCUT2D eigenvalue weighted by molar-refractivity contribution is -0.129. The fraction of sp³-hybridized carbons (Fsp3) is 0.333. The molecule has 0 spiro atoms. The molecule has 0 bridgehead atoms. The van der Waals surface area contributed by atoms with Gasteiger partial charge in [0.2, 0.25) is 11.8 Å². The number of hydrogen-bond donors (Lipinski definition) is 0. The molecule has 4 rings (SSSR count). The maximum Gasteiger partial charge on any atom is 0.388 e. The van der Waals surface area contributed by atoms with Gasteiger partial charge in [-0.3, -0.25) is 4.79 Å². The minimum Gasteiger partial charge on any atom is -0.415 e. The molecule has 4 heterocycles. The Hall–Kier alpha value is -3.30. The maximum atomic E-state index is 12.5. The molecular formula is C18H18F2N6O2. The summed E-state index contributed by atoms with van der Waals surface area (Å²) in [6, 6.07) is 6.62. The molecule has 0 aliphatic carbocycles. The summed E-state index contributed by atoms with van der Waals surface area (Å²) in [5.74, 6) is 0.659. The van der Waals surface area contributed by atoms with Crippen molar-refractivity contribution in [3.05, 3.63) is 36.7 Å². The van der Waals surface area contributed by atoms with Crippen LogP contribution in [0.3, 0.4) is 0 Å². The van der Waals surface area contributed by atoms with Gasteiger partial charge in [-0.05, 0) is 18.2 Å². The Morgan fingerprint density at radius 1 is 1.14 bits per heavy atom. The van der Waals surface area contributed by atoms with E-state index >= 15 is 0 Å². The molecule has 1 amide bonds. The van der Waals surface area contributed by atoms with Crippen molar-refractivity contribution < 1.29 is 18.3 Å². The lowest BCUT2D eigenvalue weighted by Gasteiger charge is -2.35. The topological polar surface area (TPSA) is 75.9 Å². The smallest absolute Gasteiger partial charge is 0.388 e. The Kier molecular flexibility index (Phi) is 4.76. The zero-order chi connectivity index (χ0) is 19.7. The quantitative estimate of drug-likeness (QED) is 0.681. The van der Waals surface area contributed by atoms with E-state index in [1.807, 2.05) is 6.07 Å². The molecule has 1 aliphatic rings. The Morgan fingerprint density at radius 2 is 1.93 bits per heavy atom. The van der Waals surface area contributed by atoms with E-state index in [9.17, 15) is 13.6 Å². The van der Waals surface area contributed by atoms with Gasteiger partial charge in [-0.1, -0.05) is 0 Å². The van der Waals surface area contributed by atoms with Crippen molar-refractivity contribution in [3.63, 3.8) is 0 Å². The minimum atomic E-state index is -2.95. The second-order valence-electron chi connectivity index (χ2n) is 6.36. The fourth-order valence-electron chi connectivity index (χ4n) is 3.21. The third-order valence-corrected chi connectivity index (χ3v) is 4.64. The summed E-state index contributed by atoms with van der Waals surface area (Å²) in [4.78, 5) is 24.1. The summed E-state index contributed by atoms with van der Waals surface area (Å²) in [7, 11) is 0. The minimum absolute atomic E-state index is 0.0694. The maximum absolute atomic E-state index is 12.5. The van der Waals surface area contributed by atoms with Crippen molar-refractivity contribution in [1.82, 2.24) is 24.5 Å². The van der Waals surface area contributed by atoms with Gasteiger partial charge in [-0.2, -0.15) is 8.78 Å². The molecule has 146 valence electrons. The number of carbonyl (C=O) groups is 1. The molecule has 0 radical (unpaired) electrons. The molecule has 28 heavy (non-hydrogen) atoms. The van der Waals surface area contributed by atoms with E-state index in [1.165, 1.54) is 10.6 Å². The van der Waals surface area contributed by atoms with Gasteiger partial charge in [-0.25, -0.2) is 14.5 Å². The van der Waals surface area contributed by atoms with Gasteiger partial charge in [0.05, 0.1) is 11.9 Å². The predicted octanol–water partition coefficient (Wildman–Crippen LogP) is 2.06. The summed E-state index contributed by atoms with van der Waals surface area (Å²) in [5, 5.41) is 4.10. The molecule has 0 aromatic carbocycles. The summed E-state index contributed by atoms with van der Waals surface area (Å²) < 4.78 is 30.8. The second-order valence-corrected chi connectivity index (χ2v) is 6.36. The number of halogens is 2. The van der Waals surface area contributed by atoms with Crippen LogP contribution in [0.5, 0.6) is 5.88 Å². The summed E-state index contributed by atoms with van der Waals surface area (Å²) in [6.07, 6.45) is 3.31. The molecule has 1 saturated heterocycles. The van der Waals surface area contributed by atoms with E-state index in [-0.39, 0.29) is 11.8 Å². The van der Waals surface area contributed by atoms with Crippen molar-refractivity contribution in [2.75, 3.05) is 31.1 Å². The first-order valence-electron chi connectivity index (χ1n) is 8.78. The number of hydrogen-bond acceptors (Lipinski definition) is 6. The van der Waals surface area contributed by atoms with Crippen LogP contribution in [0.25, 0.3) is 16.9 Å². The zero-order valence-electron chi connectivity index (χ0n) is 15.1. The largest absolute Gasteiger partial charge is 0.415 e. The SMILES string of the molecule is CC(=O)N1CCN(c2cc(-c3cnc4ccc(OC(F)F)nn34)ccn2)CC1. The van der Waals surface area contributed by atoms with Gasteiger partial charge in [0.15, 0.2) is 5.65 Å². The number of carbonyl (C=O) groups excluding carboxylic acids is 1. The number of rotatable bonds is 4. The van der Waals surface area contributed by atoms with Crippen LogP contribution < -0.4 is 9.64 Å². The van der Waals surface area contributed by atoms with E-state index in [2.05, 4.69) is 24.7 Å². The van der Waals surface area contributed by atoms with Gasteiger partial charge in [-0.15, -0.1) is 5.10 Å². The number of ether oxygens (including phenoxy) is 1. The second kappa shape index (κ2) is 7.37. The molecular weight excluding hydrogens is 370 g/mol. The third-order valence-electron chi connectivity index (χ3n) is 4.64. The van der Waals surface area contributed by atoms with E-state index in [0.717, 1.165) is 11.4 Å². The van der Waals surface area contributed by atoms with Gasteiger partial charge < -0.3 is 14.5 Å². The number of nitrogens with zero attached hydrogens (tertiary/aromatic N) is 6. The lowest BCUT2D eigenvalue weighted by Crippen LogP contribution is -2.48. The molecule has 1 aliphatic heterocycles. The molecule has 1 fully saturated rings. The molecule has 8 nitrogen and oxygen atoms in total. The summed E-state index contributed by atoms with van der Waals surface area (Å²) >= 11 is 0. The first kappa shape index (κ1) is 18.1. The molecule has 0 N–H and O–H groups in total. The van der Waals surface area contributed by atoms with Gasteiger partial charge in [0.25, 0.3) is 0 Å². The molecule has 3 aromatic heterocycles. The number of imidazole rings is 1. The highest BCUT2D eigenvalue weighted by Crippen LogP contribution is 2.25. The van der Waals surface area contributed by atoms with E-state index < -0.39 is 6.61 Å². The van der Waals surface area contributed by atoms with Crippen LogP contribution in [0.1, 0.15) is 6.92 Å². The molecule has 3 aromatic rings. The average molecular weight is 388 g/mol. The lowest BCUT2D eigenvalue weighted by atomic mass is 10.2. The number of aromatic nitrogens is 4. The Morgan fingerprint density at radius 3 is 2.64 bits per heavy atom. The fourth-order valence-corrected chi connectivity index (χ4v) is 3.21. The summed E-state index contributed by atoms with van der Waals surface area (Å²) in [5.41, 5.74) is 1.96. The van der Waals surface area contributed by atoms with Crippen LogP contribution >= 0.6 is 0 Å². The van der Waals surface area contributed by atoms with Crippen LogP contribution in [0.15, 0.2) is 36.7 Å². The number of fused-ring (bicyclic) bond motifs is 1. The van der Waals surface area contributed by atoms with Crippen LogP contribution in [0.2, 0.25) is 0 Å². The molecule has 0 unspecified atom stereocenters. The van der Waals surface area contributed by atoms with E-state index in [4.69, 9.17) is 0 Å². The van der Waals surface area contributed by atoms with E-state index in [1.54, 1.807) is 36.4 Å². The van der Waals surface area contributed by atoms with Crippen molar-refractivity contribution >= 4 is 17.4 Å². The number of piperazine rings is 1. The number of alkyl halides is 2.